The Balaban J connectivity index is 2.47. The lowest BCUT2D eigenvalue weighted by Gasteiger charge is -2.30. The van der Waals surface area contributed by atoms with Gasteiger partial charge in [0.15, 0.2) is 0 Å². The Kier molecular flexibility index (Phi) is 3.59. The van der Waals surface area contributed by atoms with Crippen molar-refractivity contribution in [3.63, 3.8) is 0 Å². The molecule has 12 heavy (non-hydrogen) atoms. The molecular weight excluding hydrogens is 146 g/mol. The van der Waals surface area contributed by atoms with E-state index in [-0.39, 0.29) is 0 Å². The number of nitrogens with zero attached hydrogens (tertiary/aromatic N) is 1. The molecule has 0 bridgehead atoms. The highest BCUT2D eigenvalue weighted by Gasteiger charge is 2.27. The molecule has 1 aliphatic carbocycles. The minimum atomic E-state index is 0.362. The van der Waals surface area contributed by atoms with Crippen LogP contribution in [0.1, 0.15) is 46.0 Å². The van der Waals surface area contributed by atoms with Crippen molar-refractivity contribution in [3.05, 3.63) is 0 Å². The van der Waals surface area contributed by atoms with Gasteiger partial charge in [0.1, 0.15) is 0 Å². The van der Waals surface area contributed by atoms with Gasteiger partial charge in [-0.05, 0) is 37.5 Å². The molecule has 0 amide bonds. The second-order valence-electron chi connectivity index (χ2n) is 4.20. The van der Waals surface area contributed by atoms with Crippen LogP contribution in [0.5, 0.6) is 0 Å². The summed E-state index contributed by atoms with van der Waals surface area (Å²) in [6.45, 7) is 4.53. The van der Waals surface area contributed by atoms with Gasteiger partial charge in [0.2, 0.25) is 0 Å². The van der Waals surface area contributed by atoms with Crippen molar-refractivity contribution in [3.8, 4) is 6.07 Å². The van der Waals surface area contributed by atoms with Gasteiger partial charge in [0.05, 0.1) is 6.07 Å². The van der Waals surface area contributed by atoms with Crippen LogP contribution in [0, 0.1) is 29.1 Å². The summed E-state index contributed by atoms with van der Waals surface area (Å²) in [6, 6.07) is 2.46. The van der Waals surface area contributed by atoms with Crippen molar-refractivity contribution in [1.29, 1.82) is 5.26 Å². The van der Waals surface area contributed by atoms with E-state index < -0.39 is 0 Å². The zero-order chi connectivity index (χ0) is 8.97. The van der Waals surface area contributed by atoms with E-state index in [2.05, 4.69) is 19.9 Å². The molecule has 3 atom stereocenters. The van der Waals surface area contributed by atoms with E-state index in [9.17, 15) is 0 Å². The lowest BCUT2D eigenvalue weighted by atomic mass is 9.73. The van der Waals surface area contributed by atoms with E-state index >= 15 is 0 Å². The van der Waals surface area contributed by atoms with Crippen molar-refractivity contribution in [2.75, 3.05) is 0 Å². The maximum absolute atomic E-state index is 8.92. The quantitative estimate of drug-likeness (QED) is 0.615. The van der Waals surface area contributed by atoms with Gasteiger partial charge in [-0.3, -0.25) is 0 Å². The van der Waals surface area contributed by atoms with Crippen molar-refractivity contribution < 1.29 is 0 Å². The van der Waals surface area contributed by atoms with Gasteiger partial charge in [0.25, 0.3) is 0 Å². The maximum Gasteiger partial charge on any atom is 0.0658 e. The highest BCUT2D eigenvalue weighted by atomic mass is 14.4. The molecule has 0 spiro atoms. The third kappa shape index (κ3) is 2.24. The molecule has 3 unspecified atom stereocenters. The molecular formula is C11H19N. The van der Waals surface area contributed by atoms with Gasteiger partial charge >= 0.3 is 0 Å². The molecule has 1 fully saturated rings. The normalized spacial score (nSPS) is 35.9. The summed E-state index contributed by atoms with van der Waals surface area (Å²) in [4.78, 5) is 0. The highest BCUT2D eigenvalue weighted by Crippen LogP contribution is 2.35. The van der Waals surface area contributed by atoms with E-state index in [1.807, 2.05) is 0 Å². The first-order chi connectivity index (χ1) is 5.77. The fraction of sp³-hybridized carbons (Fsp3) is 0.909. The van der Waals surface area contributed by atoms with E-state index in [1.54, 1.807) is 0 Å². The van der Waals surface area contributed by atoms with Crippen LogP contribution in [0.25, 0.3) is 0 Å². The van der Waals surface area contributed by atoms with Crippen LogP contribution in [0.3, 0.4) is 0 Å². The average molecular weight is 165 g/mol. The Morgan fingerprint density at radius 2 is 2.17 bits per heavy atom. The van der Waals surface area contributed by atoms with Crippen molar-refractivity contribution in [2.45, 2.75) is 46.0 Å². The lowest BCUT2D eigenvalue weighted by molar-refractivity contribution is 0.218. The van der Waals surface area contributed by atoms with E-state index in [4.69, 9.17) is 5.26 Å². The summed E-state index contributed by atoms with van der Waals surface area (Å²) in [6.07, 6.45) is 6.17. The van der Waals surface area contributed by atoms with Crippen molar-refractivity contribution in [2.24, 2.45) is 17.8 Å². The lowest BCUT2D eigenvalue weighted by Crippen LogP contribution is -2.22. The molecule has 68 valence electrons. The maximum atomic E-state index is 8.92. The van der Waals surface area contributed by atoms with Gasteiger partial charge in [-0.15, -0.1) is 0 Å². The van der Waals surface area contributed by atoms with Gasteiger partial charge < -0.3 is 0 Å². The first-order valence-corrected chi connectivity index (χ1v) is 5.17. The molecule has 0 aromatic carbocycles. The summed E-state index contributed by atoms with van der Waals surface area (Å²) in [7, 11) is 0. The largest absolute Gasteiger partial charge is 0.198 e. The molecule has 1 saturated carbocycles. The summed E-state index contributed by atoms with van der Waals surface area (Å²) in [5, 5.41) is 8.92. The second-order valence-corrected chi connectivity index (χ2v) is 4.20. The zero-order valence-corrected chi connectivity index (χ0v) is 8.21. The fourth-order valence-corrected chi connectivity index (χ4v) is 2.36. The van der Waals surface area contributed by atoms with Crippen LogP contribution >= 0.6 is 0 Å². The molecule has 0 heterocycles. The predicted molar refractivity (Wildman–Crippen MR) is 50.5 cm³/mol. The predicted octanol–water partition coefficient (Wildman–Crippen LogP) is 3.36. The van der Waals surface area contributed by atoms with Gasteiger partial charge in [0, 0.05) is 5.92 Å². The molecule has 1 rings (SSSR count). The van der Waals surface area contributed by atoms with E-state index in [1.165, 1.54) is 25.7 Å². The van der Waals surface area contributed by atoms with Crippen LogP contribution in [0.2, 0.25) is 0 Å². The average Bonchev–Trinajstić information content (AvgIpc) is 2.05. The Hall–Kier alpha value is -0.510. The minimum absolute atomic E-state index is 0.362. The zero-order valence-electron chi connectivity index (χ0n) is 8.21. The van der Waals surface area contributed by atoms with Crippen molar-refractivity contribution in [1.82, 2.24) is 0 Å². The minimum Gasteiger partial charge on any atom is -0.198 e. The molecule has 0 radical (unpaired) electrons. The smallest absolute Gasteiger partial charge is 0.0658 e. The molecule has 0 N–H and O–H groups in total. The van der Waals surface area contributed by atoms with Crippen LogP contribution in [0.15, 0.2) is 0 Å². The Bertz CT molecular complexity index is 168. The van der Waals surface area contributed by atoms with Crippen LogP contribution in [0.4, 0.5) is 0 Å². The molecule has 1 heteroatoms. The van der Waals surface area contributed by atoms with Gasteiger partial charge in [-0.2, -0.15) is 5.26 Å². The number of hydrogen-bond acceptors (Lipinski definition) is 1. The summed E-state index contributed by atoms with van der Waals surface area (Å²) < 4.78 is 0. The standard InChI is InChI=1S/C11H19N/c1-3-4-10-7-9(2)5-6-11(10)8-12/h9-11H,3-7H2,1-2H3. The molecule has 0 aromatic heterocycles. The first kappa shape index (κ1) is 9.58. The molecule has 0 aromatic rings. The van der Waals surface area contributed by atoms with Crippen LogP contribution in [-0.2, 0) is 0 Å². The Morgan fingerprint density at radius 3 is 2.75 bits per heavy atom. The molecule has 1 nitrogen and oxygen atoms in total. The summed E-state index contributed by atoms with van der Waals surface area (Å²) >= 11 is 0. The van der Waals surface area contributed by atoms with E-state index in [0.29, 0.717) is 11.8 Å². The summed E-state index contributed by atoms with van der Waals surface area (Å²) in [5.74, 6) is 1.91. The topological polar surface area (TPSA) is 23.8 Å². The fourth-order valence-electron chi connectivity index (χ4n) is 2.36. The Morgan fingerprint density at radius 1 is 1.42 bits per heavy atom. The van der Waals surface area contributed by atoms with Crippen molar-refractivity contribution >= 4 is 0 Å². The molecule has 0 saturated heterocycles. The highest BCUT2D eigenvalue weighted by molar-refractivity contribution is 4.91. The van der Waals surface area contributed by atoms with Crippen LogP contribution in [-0.4, -0.2) is 0 Å². The SMILES string of the molecule is CCCC1CC(C)CCC1C#N. The Labute approximate surface area is 75.8 Å². The third-order valence-corrected chi connectivity index (χ3v) is 3.07. The van der Waals surface area contributed by atoms with Crippen LogP contribution < -0.4 is 0 Å². The first-order valence-electron chi connectivity index (χ1n) is 5.17. The summed E-state index contributed by atoms with van der Waals surface area (Å²) in [5.41, 5.74) is 0. The molecule has 1 aliphatic rings. The van der Waals surface area contributed by atoms with Gasteiger partial charge in [-0.25, -0.2) is 0 Å². The molecule has 0 aliphatic heterocycles. The number of hydrogen-bond donors (Lipinski definition) is 0. The van der Waals surface area contributed by atoms with Gasteiger partial charge in [-0.1, -0.05) is 20.3 Å². The number of rotatable bonds is 2. The second kappa shape index (κ2) is 4.50. The third-order valence-electron chi connectivity index (χ3n) is 3.07. The number of nitriles is 1. The monoisotopic (exact) mass is 165 g/mol. The van der Waals surface area contributed by atoms with E-state index in [0.717, 1.165) is 12.3 Å².